The molecular weight excluding hydrogens is 162 g/mol. The molecule has 1 N–H and O–H groups in total. The number of nitrogens with one attached hydrogen (secondary N) is 1. The predicted octanol–water partition coefficient (Wildman–Crippen LogP) is 0.711. The smallest absolute Gasteiger partial charge is 0.205 e. The molecule has 60 valence electrons. The van der Waals surface area contributed by atoms with E-state index < -0.39 is 0 Å². The molecule has 0 spiro atoms. The summed E-state index contributed by atoms with van der Waals surface area (Å²) >= 11 is 1.41. The van der Waals surface area contributed by atoms with E-state index in [0.29, 0.717) is 6.42 Å². The van der Waals surface area contributed by atoms with Crippen molar-refractivity contribution in [1.29, 1.82) is 0 Å². The van der Waals surface area contributed by atoms with Gasteiger partial charge in [0.15, 0.2) is 0 Å². The number of Topliss-reactive ketones (excluding diaryl/α,β-unsaturated/α-hetero) is 1. The molecule has 4 nitrogen and oxygen atoms in total. The molecule has 1 heterocycles. The van der Waals surface area contributed by atoms with Gasteiger partial charge in [-0.25, -0.2) is 0 Å². The molecule has 1 rings (SSSR count). The van der Waals surface area contributed by atoms with Gasteiger partial charge >= 0.3 is 0 Å². The lowest BCUT2D eigenvalue weighted by atomic mass is 10.3. The maximum Gasteiger partial charge on any atom is 0.205 e. The molecule has 0 aliphatic carbocycles. The topological polar surface area (TPSA) is 54.9 Å². The highest BCUT2D eigenvalue weighted by molar-refractivity contribution is 7.15. The van der Waals surface area contributed by atoms with Crippen LogP contribution in [0.25, 0.3) is 0 Å². The van der Waals surface area contributed by atoms with Crippen LogP contribution in [0.15, 0.2) is 0 Å². The van der Waals surface area contributed by atoms with Gasteiger partial charge in [-0.3, -0.25) is 4.79 Å². The number of hydrogen-bond acceptors (Lipinski definition) is 5. The highest BCUT2D eigenvalue weighted by Crippen LogP contribution is 2.14. The van der Waals surface area contributed by atoms with Crippen molar-refractivity contribution in [1.82, 2.24) is 10.2 Å². The average Bonchev–Trinajstić information content (AvgIpc) is 2.34. The first-order valence-electron chi connectivity index (χ1n) is 3.22. The minimum atomic E-state index is 0.115. The van der Waals surface area contributed by atoms with Crippen molar-refractivity contribution in [2.75, 3.05) is 12.4 Å². The van der Waals surface area contributed by atoms with Crippen molar-refractivity contribution in [2.45, 2.75) is 13.3 Å². The Morgan fingerprint density at radius 3 is 2.82 bits per heavy atom. The normalized spacial score (nSPS) is 9.64. The minimum Gasteiger partial charge on any atom is -0.363 e. The molecular formula is C6H9N3OS. The Kier molecular flexibility index (Phi) is 2.53. The maximum atomic E-state index is 10.6. The van der Waals surface area contributed by atoms with Crippen molar-refractivity contribution < 1.29 is 4.79 Å². The van der Waals surface area contributed by atoms with Gasteiger partial charge in [0.2, 0.25) is 5.13 Å². The Morgan fingerprint density at radius 1 is 1.64 bits per heavy atom. The maximum absolute atomic E-state index is 10.6. The minimum absolute atomic E-state index is 0.115. The third-order valence-corrected chi connectivity index (χ3v) is 2.02. The zero-order valence-electron chi connectivity index (χ0n) is 6.42. The molecule has 0 aromatic carbocycles. The van der Waals surface area contributed by atoms with Crippen LogP contribution in [0.1, 0.15) is 11.9 Å². The molecule has 0 saturated heterocycles. The molecule has 1 aromatic rings. The Hall–Kier alpha value is -0.970. The van der Waals surface area contributed by atoms with E-state index in [1.165, 1.54) is 11.3 Å². The standard InChI is InChI=1S/C6H9N3OS/c1-4(10)3-5-8-9-6(7-2)11-5/h3H2,1-2H3,(H,7,9). The van der Waals surface area contributed by atoms with Crippen molar-refractivity contribution in [3.8, 4) is 0 Å². The van der Waals surface area contributed by atoms with E-state index in [9.17, 15) is 4.79 Å². The van der Waals surface area contributed by atoms with E-state index in [-0.39, 0.29) is 5.78 Å². The lowest BCUT2D eigenvalue weighted by molar-refractivity contribution is -0.116. The predicted molar refractivity (Wildman–Crippen MR) is 43.8 cm³/mol. The fourth-order valence-electron chi connectivity index (χ4n) is 0.639. The van der Waals surface area contributed by atoms with Crippen LogP contribution in [0.2, 0.25) is 0 Å². The third kappa shape index (κ3) is 2.27. The van der Waals surface area contributed by atoms with Crippen molar-refractivity contribution in [2.24, 2.45) is 0 Å². The molecule has 11 heavy (non-hydrogen) atoms. The highest BCUT2D eigenvalue weighted by atomic mass is 32.1. The molecule has 0 amide bonds. The lowest BCUT2D eigenvalue weighted by Gasteiger charge is -1.85. The van der Waals surface area contributed by atoms with Crippen LogP contribution in [0, 0.1) is 0 Å². The number of nitrogens with zero attached hydrogens (tertiary/aromatic N) is 2. The first kappa shape index (κ1) is 8.13. The Bertz CT molecular complexity index is 258. The van der Waals surface area contributed by atoms with Gasteiger partial charge in [-0.05, 0) is 6.92 Å². The van der Waals surface area contributed by atoms with Gasteiger partial charge < -0.3 is 5.32 Å². The van der Waals surface area contributed by atoms with Gasteiger partial charge in [0.1, 0.15) is 10.8 Å². The summed E-state index contributed by atoms with van der Waals surface area (Å²) in [5, 5.41) is 12.0. The van der Waals surface area contributed by atoms with Gasteiger partial charge in [-0.15, -0.1) is 10.2 Å². The van der Waals surface area contributed by atoms with E-state index in [1.807, 2.05) is 0 Å². The molecule has 0 aliphatic rings. The quantitative estimate of drug-likeness (QED) is 0.727. The van der Waals surface area contributed by atoms with Gasteiger partial charge in [-0.1, -0.05) is 11.3 Å². The van der Waals surface area contributed by atoms with Crippen LogP contribution in [-0.4, -0.2) is 23.0 Å². The number of ketones is 1. The van der Waals surface area contributed by atoms with Crippen LogP contribution in [0.4, 0.5) is 5.13 Å². The molecule has 0 saturated carbocycles. The van der Waals surface area contributed by atoms with Gasteiger partial charge in [0, 0.05) is 7.05 Å². The van der Waals surface area contributed by atoms with E-state index in [1.54, 1.807) is 14.0 Å². The monoisotopic (exact) mass is 171 g/mol. The van der Waals surface area contributed by atoms with Gasteiger partial charge in [-0.2, -0.15) is 0 Å². The number of rotatable bonds is 3. The number of carbonyl (C=O) groups excluding carboxylic acids is 1. The summed E-state index contributed by atoms with van der Waals surface area (Å²) in [5.74, 6) is 0.115. The zero-order valence-corrected chi connectivity index (χ0v) is 7.23. The third-order valence-electron chi connectivity index (χ3n) is 1.08. The molecule has 0 radical (unpaired) electrons. The molecule has 0 bridgehead atoms. The van der Waals surface area contributed by atoms with Gasteiger partial charge in [0.25, 0.3) is 0 Å². The second-order valence-electron chi connectivity index (χ2n) is 2.13. The highest BCUT2D eigenvalue weighted by Gasteiger charge is 2.03. The van der Waals surface area contributed by atoms with Crippen molar-refractivity contribution >= 4 is 22.3 Å². The van der Waals surface area contributed by atoms with E-state index >= 15 is 0 Å². The summed E-state index contributed by atoms with van der Waals surface area (Å²) in [4.78, 5) is 10.6. The van der Waals surface area contributed by atoms with Crippen LogP contribution >= 0.6 is 11.3 Å². The number of hydrogen-bond donors (Lipinski definition) is 1. The Labute approximate surface area is 68.7 Å². The second-order valence-corrected chi connectivity index (χ2v) is 3.19. The lowest BCUT2D eigenvalue weighted by Crippen LogP contribution is -1.94. The summed E-state index contributed by atoms with van der Waals surface area (Å²) < 4.78 is 0. The fraction of sp³-hybridized carbons (Fsp3) is 0.500. The molecule has 1 aromatic heterocycles. The largest absolute Gasteiger partial charge is 0.363 e. The van der Waals surface area contributed by atoms with Crippen LogP contribution in [0.3, 0.4) is 0 Å². The zero-order chi connectivity index (χ0) is 8.27. The second kappa shape index (κ2) is 3.43. The summed E-state index contributed by atoms with van der Waals surface area (Å²) in [6, 6.07) is 0. The first-order chi connectivity index (χ1) is 5.22. The summed E-state index contributed by atoms with van der Waals surface area (Å²) in [5.41, 5.74) is 0. The van der Waals surface area contributed by atoms with Crippen LogP contribution < -0.4 is 5.32 Å². The van der Waals surface area contributed by atoms with E-state index in [4.69, 9.17) is 0 Å². The molecule has 0 aliphatic heterocycles. The van der Waals surface area contributed by atoms with Crippen molar-refractivity contribution in [3.63, 3.8) is 0 Å². The van der Waals surface area contributed by atoms with E-state index in [2.05, 4.69) is 15.5 Å². The summed E-state index contributed by atoms with van der Waals surface area (Å²) in [6.45, 7) is 1.54. The Balaban J connectivity index is 2.65. The van der Waals surface area contributed by atoms with E-state index in [0.717, 1.165) is 10.1 Å². The average molecular weight is 171 g/mol. The van der Waals surface area contributed by atoms with Crippen LogP contribution in [-0.2, 0) is 11.2 Å². The molecule has 0 unspecified atom stereocenters. The SMILES string of the molecule is CNc1nnc(CC(C)=O)s1. The molecule has 5 heteroatoms. The Morgan fingerprint density at radius 2 is 2.36 bits per heavy atom. The number of anilines is 1. The summed E-state index contributed by atoms with van der Waals surface area (Å²) in [7, 11) is 1.78. The van der Waals surface area contributed by atoms with Gasteiger partial charge in [0.05, 0.1) is 6.42 Å². The van der Waals surface area contributed by atoms with Crippen LogP contribution in [0.5, 0.6) is 0 Å². The first-order valence-corrected chi connectivity index (χ1v) is 4.03. The fourth-order valence-corrected chi connectivity index (χ4v) is 1.40. The molecule has 0 fully saturated rings. The molecule has 0 atom stereocenters. The summed E-state index contributed by atoms with van der Waals surface area (Å²) in [6.07, 6.45) is 0.388. The number of aromatic nitrogens is 2. The number of carbonyl (C=O) groups is 1. The van der Waals surface area contributed by atoms with Crippen molar-refractivity contribution in [3.05, 3.63) is 5.01 Å².